The summed E-state index contributed by atoms with van der Waals surface area (Å²) >= 11 is 1.50. The smallest absolute Gasteiger partial charge is 0.262 e. The normalized spacial score (nSPS) is 11.2. The number of hydrogen-bond donors (Lipinski definition) is 0. The van der Waals surface area contributed by atoms with Crippen LogP contribution in [-0.4, -0.2) is 16.2 Å². The Balaban J connectivity index is 1.49. The highest BCUT2D eigenvalue weighted by atomic mass is 32.1. The van der Waals surface area contributed by atoms with E-state index in [1.165, 1.54) is 16.7 Å². The van der Waals surface area contributed by atoms with Gasteiger partial charge in [0.1, 0.15) is 17.2 Å². The fourth-order valence-corrected chi connectivity index (χ4v) is 4.38. The fourth-order valence-electron chi connectivity index (χ4n) is 3.47. The monoisotopic (exact) mass is 398 g/mol. The van der Waals surface area contributed by atoms with E-state index in [1.807, 2.05) is 47.8 Å². The van der Waals surface area contributed by atoms with E-state index in [-0.39, 0.29) is 5.56 Å². The summed E-state index contributed by atoms with van der Waals surface area (Å²) in [6.45, 7) is 0.857. The molecular formula is C24H18N2O2S. The Hall–Kier alpha value is -3.44. The molecule has 0 amide bonds. The number of rotatable bonds is 5. The Labute approximate surface area is 171 Å². The number of hydrogen-bond acceptors (Lipinski definition) is 4. The minimum absolute atomic E-state index is 0.0314. The van der Waals surface area contributed by atoms with Gasteiger partial charge in [-0.15, -0.1) is 11.3 Å². The summed E-state index contributed by atoms with van der Waals surface area (Å²) in [5.41, 5.74) is 1.94. The Kier molecular flexibility index (Phi) is 4.58. The van der Waals surface area contributed by atoms with Gasteiger partial charge in [0.15, 0.2) is 0 Å². The second-order valence-corrected chi connectivity index (χ2v) is 7.65. The van der Waals surface area contributed by atoms with Crippen LogP contribution >= 0.6 is 11.3 Å². The molecule has 0 unspecified atom stereocenters. The molecule has 0 N–H and O–H groups in total. The maximum absolute atomic E-state index is 13.2. The van der Waals surface area contributed by atoms with Crippen molar-refractivity contribution in [2.75, 3.05) is 6.61 Å². The molecule has 0 saturated carbocycles. The number of nitrogens with zero attached hydrogens (tertiary/aromatic N) is 2. The summed E-state index contributed by atoms with van der Waals surface area (Å²) in [7, 11) is 0. The Morgan fingerprint density at radius 2 is 1.72 bits per heavy atom. The predicted octanol–water partition coefficient (Wildman–Crippen LogP) is 5.36. The molecule has 2 heterocycles. The molecule has 0 spiro atoms. The van der Waals surface area contributed by atoms with Crippen molar-refractivity contribution in [2.24, 2.45) is 0 Å². The SMILES string of the molecule is O=c1c2c(-c3ccc4ccccc4c3)csc2ncn1CCOc1ccccc1. The van der Waals surface area contributed by atoms with Crippen molar-refractivity contribution in [1.82, 2.24) is 9.55 Å². The standard InChI is InChI=1S/C24H18N2O2S/c27-24-22-21(19-11-10-17-6-4-5-7-18(17)14-19)15-29-23(22)25-16-26(24)12-13-28-20-8-2-1-3-9-20/h1-11,14-16H,12-13H2. The van der Waals surface area contributed by atoms with Crippen molar-refractivity contribution in [1.29, 1.82) is 0 Å². The molecule has 29 heavy (non-hydrogen) atoms. The van der Waals surface area contributed by atoms with E-state index in [2.05, 4.69) is 35.3 Å². The zero-order valence-electron chi connectivity index (χ0n) is 15.6. The quantitative estimate of drug-likeness (QED) is 0.400. The van der Waals surface area contributed by atoms with Crippen LogP contribution in [0.5, 0.6) is 5.75 Å². The molecule has 0 aliphatic carbocycles. The van der Waals surface area contributed by atoms with Crippen molar-refractivity contribution in [3.8, 4) is 16.9 Å². The topological polar surface area (TPSA) is 44.1 Å². The van der Waals surface area contributed by atoms with Gasteiger partial charge in [0.2, 0.25) is 0 Å². The maximum atomic E-state index is 13.2. The van der Waals surface area contributed by atoms with Crippen LogP contribution in [0.3, 0.4) is 0 Å². The van der Waals surface area contributed by atoms with Gasteiger partial charge < -0.3 is 4.74 Å². The number of para-hydroxylation sites is 1. The molecule has 0 atom stereocenters. The van der Waals surface area contributed by atoms with Crippen molar-refractivity contribution < 1.29 is 4.74 Å². The molecule has 5 aromatic rings. The van der Waals surface area contributed by atoms with Crippen molar-refractivity contribution in [3.63, 3.8) is 0 Å². The number of thiophene rings is 1. The van der Waals surface area contributed by atoms with Gasteiger partial charge in [0, 0.05) is 10.9 Å². The Morgan fingerprint density at radius 1 is 0.931 bits per heavy atom. The Bertz CT molecular complexity index is 1360. The van der Waals surface area contributed by atoms with Crippen molar-refractivity contribution in [2.45, 2.75) is 6.54 Å². The first kappa shape index (κ1) is 17.6. The van der Waals surface area contributed by atoms with Gasteiger partial charge in [-0.05, 0) is 34.5 Å². The average Bonchev–Trinajstić information content (AvgIpc) is 3.21. The third-order valence-electron chi connectivity index (χ3n) is 4.97. The van der Waals surface area contributed by atoms with E-state index in [4.69, 9.17) is 4.74 Å². The zero-order chi connectivity index (χ0) is 19.6. The molecule has 2 aromatic heterocycles. The number of benzene rings is 3. The second kappa shape index (κ2) is 7.53. The summed E-state index contributed by atoms with van der Waals surface area (Å²) in [4.78, 5) is 18.4. The zero-order valence-corrected chi connectivity index (χ0v) is 16.4. The molecule has 0 saturated heterocycles. The molecule has 5 rings (SSSR count). The molecular weight excluding hydrogens is 380 g/mol. The van der Waals surface area contributed by atoms with E-state index in [9.17, 15) is 4.79 Å². The lowest BCUT2D eigenvalue weighted by atomic mass is 10.0. The minimum Gasteiger partial charge on any atom is -0.492 e. The fraction of sp³-hybridized carbons (Fsp3) is 0.0833. The largest absolute Gasteiger partial charge is 0.492 e. The van der Waals surface area contributed by atoms with Gasteiger partial charge in [-0.2, -0.15) is 0 Å². The van der Waals surface area contributed by atoms with Crippen molar-refractivity contribution >= 4 is 32.3 Å². The molecule has 3 aromatic carbocycles. The average molecular weight is 398 g/mol. The third-order valence-corrected chi connectivity index (χ3v) is 5.85. The predicted molar refractivity (Wildman–Crippen MR) is 119 cm³/mol. The lowest BCUT2D eigenvalue weighted by Gasteiger charge is -2.08. The summed E-state index contributed by atoms with van der Waals surface area (Å²) in [6, 6.07) is 24.1. The van der Waals surface area contributed by atoms with Crippen LogP contribution in [0, 0.1) is 0 Å². The molecule has 0 bridgehead atoms. The van der Waals surface area contributed by atoms with Crippen LogP contribution in [0.15, 0.2) is 89.3 Å². The first-order valence-electron chi connectivity index (χ1n) is 9.43. The van der Waals surface area contributed by atoms with Gasteiger partial charge in [0.05, 0.1) is 18.3 Å². The van der Waals surface area contributed by atoms with Crippen LogP contribution in [0.25, 0.3) is 32.1 Å². The molecule has 0 aliphatic heterocycles. The van der Waals surface area contributed by atoms with E-state index >= 15 is 0 Å². The van der Waals surface area contributed by atoms with E-state index in [1.54, 1.807) is 10.9 Å². The van der Waals surface area contributed by atoms with Crippen LogP contribution in [-0.2, 0) is 6.54 Å². The molecule has 4 nitrogen and oxygen atoms in total. The van der Waals surface area contributed by atoms with E-state index in [0.717, 1.165) is 27.1 Å². The van der Waals surface area contributed by atoms with Crippen LogP contribution < -0.4 is 10.3 Å². The lowest BCUT2D eigenvalue weighted by Crippen LogP contribution is -2.23. The van der Waals surface area contributed by atoms with Crippen molar-refractivity contribution in [3.05, 3.63) is 94.9 Å². The van der Waals surface area contributed by atoms with Gasteiger partial charge in [-0.3, -0.25) is 9.36 Å². The summed E-state index contributed by atoms with van der Waals surface area (Å²) in [5, 5.41) is 5.04. The molecule has 0 fully saturated rings. The van der Waals surface area contributed by atoms with Gasteiger partial charge >= 0.3 is 0 Å². The Morgan fingerprint density at radius 3 is 2.59 bits per heavy atom. The van der Waals surface area contributed by atoms with Crippen LogP contribution in [0.4, 0.5) is 0 Å². The molecule has 0 radical (unpaired) electrons. The highest BCUT2D eigenvalue weighted by molar-refractivity contribution is 7.17. The number of ether oxygens (including phenoxy) is 1. The van der Waals surface area contributed by atoms with Crippen LogP contribution in [0.1, 0.15) is 0 Å². The summed E-state index contributed by atoms with van der Waals surface area (Å²) in [6.07, 6.45) is 1.61. The highest BCUT2D eigenvalue weighted by Gasteiger charge is 2.13. The van der Waals surface area contributed by atoms with Crippen LogP contribution in [0.2, 0.25) is 0 Å². The third kappa shape index (κ3) is 3.41. The molecule has 5 heteroatoms. The van der Waals surface area contributed by atoms with E-state index in [0.29, 0.717) is 18.5 Å². The first-order valence-corrected chi connectivity index (χ1v) is 10.3. The minimum atomic E-state index is -0.0314. The molecule has 142 valence electrons. The summed E-state index contributed by atoms with van der Waals surface area (Å²) < 4.78 is 7.36. The maximum Gasteiger partial charge on any atom is 0.262 e. The van der Waals surface area contributed by atoms with Gasteiger partial charge in [-0.1, -0.05) is 54.6 Å². The summed E-state index contributed by atoms with van der Waals surface area (Å²) in [5.74, 6) is 0.793. The molecule has 0 aliphatic rings. The highest BCUT2D eigenvalue weighted by Crippen LogP contribution is 2.32. The van der Waals surface area contributed by atoms with Gasteiger partial charge in [0.25, 0.3) is 5.56 Å². The lowest BCUT2D eigenvalue weighted by molar-refractivity contribution is 0.296. The van der Waals surface area contributed by atoms with E-state index < -0.39 is 0 Å². The second-order valence-electron chi connectivity index (χ2n) is 6.80. The number of aromatic nitrogens is 2. The first-order chi connectivity index (χ1) is 14.3. The van der Waals surface area contributed by atoms with Gasteiger partial charge in [-0.25, -0.2) is 4.98 Å². The number of fused-ring (bicyclic) bond motifs is 2.